The van der Waals surface area contributed by atoms with Gasteiger partial charge in [-0.25, -0.2) is 0 Å². The zero-order valence-electron chi connectivity index (χ0n) is 15.3. The largest absolute Gasteiger partial charge is 0.290 e. The molecule has 0 fully saturated rings. The molecule has 0 spiro atoms. The molecule has 1 aliphatic heterocycles. The first kappa shape index (κ1) is 16.5. The minimum atomic E-state index is -0.711. The summed E-state index contributed by atoms with van der Waals surface area (Å²) in [6.45, 7) is 0. The van der Waals surface area contributed by atoms with E-state index < -0.39 is 5.54 Å². The molecule has 0 radical (unpaired) electrons. The van der Waals surface area contributed by atoms with Crippen molar-refractivity contribution in [2.24, 2.45) is 0 Å². The molecule has 4 aromatic rings. The van der Waals surface area contributed by atoms with Gasteiger partial charge in [0, 0.05) is 11.3 Å². The standard InChI is InChI=1S/C26H19NO/c28-25-23-18-10-11-19-24(23)26(20-12-4-1-5-13-20,21-14-6-2-7-15-21)27(25)22-16-8-3-9-17-22/h1-19H. The lowest BCUT2D eigenvalue weighted by Crippen LogP contribution is -2.46. The van der Waals surface area contributed by atoms with Crippen LogP contribution < -0.4 is 4.90 Å². The van der Waals surface area contributed by atoms with Gasteiger partial charge < -0.3 is 0 Å². The van der Waals surface area contributed by atoms with Gasteiger partial charge in [-0.2, -0.15) is 0 Å². The van der Waals surface area contributed by atoms with Crippen LogP contribution in [0.15, 0.2) is 115 Å². The van der Waals surface area contributed by atoms with Crippen molar-refractivity contribution < 1.29 is 4.79 Å². The van der Waals surface area contributed by atoms with Crippen molar-refractivity contribution in [3.8, 4) is 0 Å². The maximum atomic E-state index is 13.7. The van der Waals surface area contributed by atoms with Crippen LogP contribution in [-0.2, 0) is 5.54 Å². The Hall–Kier alpha value is -3.65. The number of hydrogen-bond acceptors (Lipinski definition) is 1. The summed E-state index contributed by atoms with van der Waals surface area (Å²) in [5, 5.41) is 0. The molecule has 0 atom stereocenters. The fourth-order valence-corrected chi connectivity index (χ4v) is 4.36. The number of rotatable bonds is 3. The Kier molecular flexibility index (Phi) is 3.84. The number of para-hydroxylation sites is 1. The Morgan fingerprint density at radius 2 is 1.00 bits per heavy atom. The molecule has 134 valence electrons. The van der Waals surface area contributed by atoms with Gasteiger partial charge in [0.2, 0.25) is 0 Å². The summed E-state index contributed by atoms with van der Waals surface area (Å²) in [5.74, 6) is 0.0227. The molecule has 0 saturated heterocycles. The van der Waals surface area contributed by atoms with E-state index in [4.69, 9.17) is 0 Å². The Labute approximate surface area is 164 Å². The highest BCUT2D eigenvalue weighted by atomic mass is 16.2. The smallest absolute Gasteiger partial charge is 0.260 e. The van der Waals surface area contributed by atoms with Crippen molar-refractivity contribution >= 4 is 11.6 Å². The Balaban J connectivity index is 1.93. The second-order valence-electron chi connectivity index (χ2n) is 6.96. The molecule has 4 aromatic carbocycles. The molecular formula is C26H19NO. The average Bonchev–Trinajstić information content (AvgIpc) is 3.05. The molecule has 28 heavy (non-hydrogen) atoms. The normalized spacial score (nSPS) is 14.7. The van der Waals surface area contributed by atoms with Crippen molar-refractivity contribution in [2.75, 3.05) is 4.90 Å². The summed E-state index contributed by atoms with van der Waals surface area (Å²) < 4.78 is 0. The first-order valence-corrected chi connectivity index (χ1v) is 9.43. The molecule has 0 unspecified atom stereocenters. The fraction of sp³-hybridized carbons (Fsp3) is 0.0385. The molecule has 0 N–H and O–H groups in total. The van der Waals surface area contributed by atoms with E-state index in [0.29, 0.717) is 0 Å². The van der Waals surface area contributed by atoms with E-state index in [9.17, 15) is 4.79 Å². The Morgan fingerprint density at radius 1 is 0.536 bits per heavy atom. The molecule has 0 bridgehead atoms. The predicted octanol–water partition coefficient (Wildman–Crippen LogP) is 5.64. The SMILES string of the molecule is O=C1c2ccccc2C(c2ccccc2)(c2ccccc2)N1c1ccccc1. The molecule has 2 nitrogen and oxygen atoms in total. The first-order valence-electron chi connectivity index (χ1n) is 9.43. The van der Waals surface area contributed by atoms with Crippen LogP contribution in [0.5, 0.6) is 0 Å². The van der Waals surface area contributed by atoms with Crippen molar-refractivity contribution in [1.82, 2.24) is 0 Å². The van der Waals surface area contributed by atoms with Gasteiger partial charge in [-0.05, 0) is 34.9 Å². The molecule has 0 saturated carbocycles. The molecular weight excluding hydrogens is 342 g/mol. The van der Waals surface area contributed by atoms with Crippen LogP contribution in [0.25, 0.3) is 0 Å². The van der Waals surface area contributed by atoms with Crippen LogP contribution in [0.1, 0.15) is 27.0 Å². The lowest BCUT2D eigenvalue weighted by Gasteiger charge is -2.40. The van der Waals surface area contributed by atoms with E-state index >= 15 is 0 Å². The van der Waals surface area contributed by atoms with E-state index in [0.717, 1.165) is 27.9 Å². The molecule has 1 aliphatic rings. The van der Waals surface area contributed by atoms with E-state index in [1.54, 1.807) is 0 Å². The number of amides is 1. The number of benzene rings is 4. The highest BCUT2D eigenvalue weighted by Gasteiger charge is 2.52. The quantitative estimate of drug-likeness (QED) is 0.462. The third kappa shape index (κ3) is 2.25. The maximum Gasteiger partial charge on any atom is 0.260 e. The summed E-state index contributed by atoms with van der Waals surface area (Å²) in [4.78, 5) is 15.6. The second-order valence-corrected chi connectivity index (χ2v) is 6.96. The minimum Gasteiger partial charge on any atom is -0.290 e. The van der Waals surface area contributed by atoms with Crippen LogP contribution in [0.4, 0.5) is 5.69 Å². The summed E-state index contributed by atoms with van der Waals surface area (Å²) in [7, 11) is 0. The molecule has 1 heterocycles. The number of anilines is 1. The van der Waals surface area contributed by atoms with E-state index in [2.05, 4.69) is 30.3 Å². The van der Waals surface area contributed by atoms with Crippen molar-refractivity contribution in [1.29, 1.82) is 0 Å². The highest BCUT2D eigenvalue weighted by molar-refractivity contribution is 6.13. The highest BCUT2D eigenvalue weighted by Crippen LogP contribution is 2.50. The van der Waals surface area contributed by atoms with Crippen molar-refractivity contribution in [2.45, 2.75) is 5.54 Å². The van der Waals surface area contributed by atoms with Gasteiger partial charge in [-0.3, -0.25) is 9.69 Å². The van der Waals surface area contributed by atoms with Crippen LogP contribution in [0.2, 0.25) is 0 Å². The van der Waals surface area contributed by atoms with Gasteiger partial charge >= 0.3 is 0 Å². The monoisotopic (exact) mass is 361 g/mol. The van der Waals surface area contributed by atoms with Crippen LogP contribution in [-0.4, -0.2) is 5.91 Å². The number of hydrogen-bond donors (Lipinski definition) is 0. The van der Waals surface area contributed by atoms with Crippen LogP contribution in [0, 0.1) is 0 Å². The molecule has 0 aromatic heterocycles. The van der Waals surface area contributed by atoms with Gasteiger partial charge in [0.1, 0.15) is 5.54 Å². The van der Waals surface area contributed by atoms with Crippen LogP contribution in [0.3, 0.4) is 0 Å². The molecule has 0 aliphatic carbocycles. The van der Waals surface area contributed by atoms with E-state index in [1.807, 2.05) is 89.8 Å². The zero-order valence-corrected chi connectivity index (χ0v) is 15.3. The topological polar surface area (TPSA) is 20.3 Å². The minimum absolute atomic E-state index is 0.0227. The summed E-state index contributed by atoms with van der Waals surface area (Å²) in [6.07, 6.45) is 0. The second kappa shape index (κ2) is 6.50. The molecule has 1 amide bonds. The number of fused-ring (bicyclic) bond motifs is 1. The van der Waals surface area contributed by atoms with Gasteiger partial charge in [-0.15, -0.1) is 0 Å². The lowest BCUT2D eigenvalue weighted by atomic mass is 9.77. The first-order chi connectivity index (χ1) is 13.8. The summed E-state index contributed by atoms with van der Waals surface area (Å²) in [5.41, 5.74) is 4.08. The zero-order chi connectivity index (χ0) is 19.0. The lowest BCUT2D eigenvalue weighted by molar-refractivity contribution is 0.0986. The Morgan fingerprint density at radius 3 is 1.57 bits per heavy atom. The van der Waals surface area contributed by atoms with Gasteiger partial charge in [0.15, 0.2) is 0 Å². The third-order valence-corrected chi connectivity index (χ3v) is 5.48. The average molecular weight is 361 g/mol. The van der Waals surface area contributed by atoms with Gasteiger partial charge in [0.25, 0.3) is 5.91 Å². The van der Waals surface area contributed by atoms with Crippen molar-refractivity contribution in [3.63, 3.8) is 0 Å². The van der Waals surface area contributed by atoms with E-state index in [1.165, 1.54) is 0 Å². The third-order valence-electron chi connectivity index (χ3n) is 5.48. The number of carbonyl (C=O) groups excluding carboxylic acids is 1. The van der Waals surface area contributed by atoms with Crippen molar-refractivity contribution in [3.05, 3.63) is 138 Å². The Bertz CT molecular complexity index is 1080. The number of nitrogens with zero attached hydrogens (tertiary/aromatic N) is 1. The number of carbonyl (C=O) groups is 1. The fourth-order valence-electron chi connectivity index (χ4n) is 4.36. The van der Waals surface area contributed by atoms with Gasteiger partial charge in [0.05, 0.1) is 0 Å². The predicted molar refractivity (Wildman–Crippen MR) is 112 cm³/mol. The molecule has 2 heteroatoms. The molecule has 5 rings (SSSR count). The summed E-state index contributed by atoms with van der Waals surface area (Å²) >= 11 is 0. The van der Waals surface area contributed by atoms with Gasteiger partial charge in [-0.1, -0.05) is 97.1 Å². The van der Waals surface area contributed by atoms with E-state index in [-0.39, 0.29) is 5.91 Å². The maximum absolute atomic E-state index is 13.7. The van der Waals surface area contributed by atoms with Crippen LogP contribution >= 0.6 is 0 Å². The summed E-state index contributed by atoms with van der Waals surface area (Å²) in [6, 6.07) is 38.5.